The SMILES string of the molecule is CC1C=C=C/C=C(/c2cc(C3C=c4ccccc4=CC3)nc3c2ccc2c(-c4ccccc4)ccnc23)CC1. The molecule has 39 heavy (non-hydrogen) atoms. The Hall–Kier alpha value is -4.52. The number of allylic oxidation sites excluding steroid dienone is 3. The third-order valence-electron chi connectivity index (χ3n) is 8.12. The number of aromatic nitrogens is 2. The molecule has 0 radical (unpaired) electrons. The van der Waals surface area contributed by atoms with Crippen LogP contribution in [0.2, 0.25) is 0 Å². The average molecular weight is 503 g/mol. The molecule has 5 aromatic rings. The van der Waals surface area contributed by atoms with Gasteiger partial charge in [0.2, 0.25) is 0 Å². The summed E-state index contributed by atoms with van der Waals surface area (Å²) in [6, 6.07) is 28.2. The van der Waals surface area contributed by atoms with Gasteiger partial charge in [-0.25, -0.2) is 4.98 Å². The van der Waals surface area contributed by atoms with E-state index < -0.39 is 0 Å². The molecule has 2 aliphatic carbocycles. The molecule has 2 aliphatic rings. The van der Waals surface area contributed by atoms with E-state index in [1.807, 2.05) is 6.20 Å². The van der Waals surface area contributed by atoms with Crippen LogP contribution in [0.3, 0.4) is 0 Å². The number of benzene rings is 3. The lowest BCUT2D eigenvalue weighted by Crippen LogP contribution is -2.28. The second-order valence-electron chi connectivity index (χ2n) is 10.7. The minimum Gasteiger partial charge on any atom is -0.254 e. The van der Waals surface area contributed by atoms with E-state index in [1.165, 1.54) is 38.1 Å². The van der Waals surface area contributed by atoms with Crippen molar-refractivity contribution in [2.45, 2.75) is 32.1 Å². The molecule has 2 aromatic heterocycles. The van der Waals surface area contributed by atoms with E-state index in [-0.39, 0.29) is 5.92 Å². The topological polar surface area (TPSA) is 25.8 Å². The Balaban J connectivity index is 1.49. The zero-order chi connectivity index (χ0) is 26.2. The predicted molar refractivity (Wildman–Crippen MR) is 163 cm³/mol. The summed E-state index contributed by atoms with van der Waals surface area (Å²) in [6.45, 7) is 2.27. The molecule has 0 spiro atoms. The van der Waals surface area contributed by atoms with Crippen LogP contribution in [-0.2, 0) is 0 Å². The van der Waals surface area contributed by atoms with Gasteiger partial charge >= 0.3 is 0 Å². The van der Waals surface area contributed by atoms with Crippen molar-refractivity contribution in [3.8, 4) is 11.1 Å². The Morgan fingerprint density at radius 3 is 2.49 bits per heavy atom. The van der Waals surface area contributed by atoms with Gasteiger partial charge in [0.25, 0.3) is 0 Å². The smallest absolute Gasteiger partial charge is 0.0974 e. The highest BCUT2D eigenvalue weighted by Crippen LogP contribution is 2.37. The Morgan fingerprint density at radius 2 is 1.62 bits per heavy atom. The quantitative estimate of drug-likeness (QED) is 0.186. The Morgan fingerprint density at radius 1 is 0.821 bits per heavy atom. The first-order chi connectivity index (χ1) is 19.2. The molecule has 2 nitrogen and oxygen atoms in total. The van der Waals surface area contributed by atoms with Crippen molar-refractivity contribution in [3.63, 3.8) is 0 Å². The van der Waals surface area contributed by atoms with Crippen LogP contribution in [0, 0.1) is 5.92 Å². The molecule has 2 heteroatoms. The molecule has 2 atom stereocenters. The largest absolute Gasteiger partial charge is 0.254 e. The van der Waals surface area contributed by atoms with Crippen LogP contribution in [-0.4, -0.2) is 9.97 Å². The van der Waals surface area contributed by atoms with Gasteiger partial charge in [-0.2, -0.15) is 0 Å². The number of fused-ring (bicyclic) bond motifs is 4. The standard InChI is InChI=1S/C37H30N2/c1-25-9-5-6-13-28(16-15-25)34-24-35(30-18-17-26-10-7-8-14-29(26)23-30)39-37-33(34)20-19-32-31(21-22-38-36(32)37)27-11-3-2-4-12-27/h2-4,6-14,17,19-25,30H,15-16,18H2,1H3/b28-13+. The minimum atomic E-state index is 0.221. The monoisotopic (exact) mass is 502 g/mol. The molecular weight excluding hydrogens is 472 g/mol. The number of hydrogen-bond donors (Lipinski definition) is 0. The van der Waals surface area contributed by atoms with E-state index in [9.17, 15) is 0 Å². The molecule has 0 bridgehead atoms. The Labute approximate surface area is 229 Å². The van der Waals surface area contributed by atoms with Gasteiger partial charge < -0.3 is 0 Å². The van der Waals surface area contributed by atoms with E-state index >= 15 is 0 Å². The second kappa shape index (κ2) is 9.98. The maximum atomic E-state index is 5.37. The Kier molecular flexibility index (Phi) is 6.04. The van der Waals surface area contributed by atoms with Crippen molar-refractivity contribution in [2.24, 2.45) is 5.92 Å². The zero-order valence-electron chi connectivity index (χ0n) is 22.1. The lowest BCUT2D eigenvalue weighted by Gasteiger charge is -2.20. The maximum Gasteiger partial charge on any atom is 0.0974 e. The molecule has 0 aliphatic heterocycles. The number of rotatable bonds is 3. The first-order valence-corrected chi connectivity index (χ1v) is 13.9. The fourth-order valence-electron chi connectivity index (χ4n) is 5.98. The summed E-state index contributed by atoms with van der Waals surface area (Å²) in [7, 11) is 0. The maximum absolute atomic E-state index is 5.37. The van der Waals surface area contributed by atoms with E-state index in [1.54, 1.807) is 0 Å². The zero-order valence-corrected chi connectivity index (χ0v) is 22.1. The van der Waals surface area contributed by atoms with Crippen LogP contribution in [0.4, 0.5) is 0 Å². The molecule has 188 valence electrons. The van der Waals surface area contributed by atoms with Gasteiger partial charge in [0.1, 0.15) is 0 Å². The van der Waals surface area contributed by atoms with Crippen LogP contribution >= 0.6 is 0 Å². The van der Waals surface area contributed by atoms with Gasteiger partial charge in [-0.15, -0.1) is 5.73 Å². The fourth-order valence-corrected chi connectivity index (χ4v) is 5.98. The third-order valence-corrected chi connectivity index (χ3v) is 8.12. The van der Waals surface area contributed by atoms with E-state index in [0.717, 1.165) is 41.4 Å². The van der Waals surface area contributed by atoms with Crippen molar-refractivity contribution in [2.75, 3.05) is 0 Å². The van der Waals surface area contributed by atoms with Gasteiger partial charge in [-0.1, -0.05) is 91.9 Å². The van der Waals surface area contributed by atoms with Crippen LogP contribution in [0.25, 0.3) is 50.7 Å². The van der Waals surface area contributed by atoms with Gasteiger partial charge in [-0.3, -0.25) is 4.98 Å². The van der Waals surface area contributed by atoms with E-state index in [2.05, 4.69) is 122 Å². The van der Waals surface area contributed by atoms with Crippen LogP contribution in [0.15, 0.2) is 109 Å². The van der Waals surface area contributed by atoms with Crippen molar-refractivity contribution >= 4 is 39.5 Å². The van der Waals surface area contributed by atoms with Crippen molar-refractivity contribution in [1.82, 2.24) is 9.97 Å². The van der Waals surface area contributed by atoms with Gasteiger partial charge in [0, 0.05) is 28.6 Å². The highest BCUT2D eigenvalue weighted by Gasteiger charge is 2.19. The minimum absolute atomic E-state index is 0.221. The molecule has 2 unspecified atom stereocenters. The summed E-state index contributed by atoms with van der Waals surface area (Å²) >= 11 is 0. The molecule has 7 rings (SSSR count). The summed E-state index contributed by atoms with van der Waals surface area (Å²) in [5, 5.41) is 4.90. The lowest BCUT2D eigenvalue weighted by atomic mass is 9.88. The third kappa shape index (κ3) is 4.44. The van der Waals surface area contributed by atoms with Crippen LogP contribution in [0.1, 0.15) is 43.4 Å². The average Bonchev–Trinajstić information content (AvgIpc) is 2.98. The summed E-state index contributed by atoms with van der Waals surface area (Å²) < 4.78 is 0. The van der Waals surface area contributed by atoms with Crippen LogP contribution in [0.5, 0.6) is 0 Å². The molecular formula is C37H30N2. The summed E-state index contributed by atoms with van der Waals surface area (Å²) in [5.74, 6) is 0.727. The molecule has 0 amide bonds. The van der Waals surface area contributed by atoms with Gasteiger partial charge in [-0.05, 0) is 82.2 Å². The second-order valence-corrected chi connectivity index (χ2v) is 10.7. The van der Waals surface area contributed by atoms with Crippen molar-refractivity contribution < 1.29 is 0 Å². The molecule has 0 saturated carbocycles. The summed E-state index contributed by atoms with van der Waals surface area (Å²) in [6.07, 6.45) is 16.2. The van der Waals surface area contributed by atoms with E-state index in [4.69, 9.17) is 9.97 Å². The van der Waals surface area contributed by atoms with Crippen molar-refractivity contribution in [3.05, 3.63) is 131 Å². The fraction of sp³-hybridized carbons (Fsp3) is 0.162. The molecule has 0 fully saturated rings. The highest BCUT2D eigenvalue weighted by molar-refractivity contribution is 6.10. The van der Waals surface area contributed by atoms with Gasteiger partial charge in [0.05, 0.1) is 11.0 Å². The predicted octanol–water partition coefficient (Wildman–Crippen LogP) is 7.72. The molecule has 3 aromatic carbocycles. The summed E-state index contributed by atoms with van der Waals surface area (Å²) in [5.41, 5.74) is 11.4. The highest BCUT2D eigenvalue weighted by atomic mass is 14.8. The molecule has 2 heterocycles. The number of nitrogens with zero attached hydrogens (tertiary/aromatic N) is 2. The normalized spacial score (nSPS) is 19.9. The first kappa shape index (κ1) is 23.6. The Bertz CT molecular complexity index is 1940. The van der Waals surface area contributed by atoms with Gasteiger partial charge in [0.15, 0.2) is 0 Å². The number of hydrogen-bond acceptors (Lipinski definition) is 2. The summed E-state index contributed by atoms with van der Waals surface area (Å²) in [4.78, 5) is 10.3. The first-order valence-electron chi connectivity index (χ1n) is 13.9. The van der Waals surface area contributed by atoms with E-state index in [0.29, 0.717) is 5.92 Å². The molecule has 0 N–H and O–H groups in total. The van der Waals surface area contributed by atoms with Crippen LogP contribution < -0.4 is 10.4 Å². The van der Waals surface area contributed by atoms with Crippen molar-refractivity contribution in [1.29, 1.82) is 0 Å². The lowest BCUT2D eigenvalue weighted by molar-refractivity contribution is 0.663. The number of pyridine rings is 2. The molecule has 0 saturated heterocycles.